The maximum atomic E-state index is 12.1. The molecule has 0 unspecified atom stereocenters. The summed E-state index contributed by atoms with van der Waals surface area (Å²) in [6.07, 6.45) is 5.03. The Labute approximate surface area is 160 Å². The Kier molecular flexibility index (Phi) is 7.10. The maximum Gasteiger partial charge on any atom is 0.220 e. The fourth-order valence-corrected chi connectivity index (χ4v) is 3.21. The minimum atomic E-state index is 0. The van der Waals surface area contributed by atoms with Gasteiger partial charge in [-0.15, -0.1) is 12.4 Å². The molecular weight excluding hydrogens is 346 g/mol. The fraction of sp³-hybridized carbons (Fsp3) is 0.286. The minimum Gasteiger partial charge on any atom is -0.399 e. The second kappa shape index (κ2) is 9.30. The Bertz CT molecular complexity index is 873. The molecule has 0 saturated heterocycles. The SMILES string of the molecule is CCc1cccc2c(CCNC(=O)CCc3ccccc3N)c[nH]c12.Cl. The lowest BCUT2D eigenvalue weighted by Gasteiger charge is -2.07. The van der Waals surface area contributed by atoms with Gasteiger partial charge in [-0.1, -0.05) is 43.3 Å². The molecule has 0 saturated carbocycles. The molecule has 138 valence electrons. The van der Waals surface area contributed by atoms with Gasteiger partial charge in [-0.05, 0) is 42.0 Å². The number of nitrogens with one attached hydrogen (secondary N) is 2. The summed E-state index contributed by atoms with van der Waals surface area (Å²) in [5.74, 6) is 0.0670. The van der Waals surface area contributed by atoms with Gasteiger partial charge in [0.2, 0.25) is 5.91 Å². The molecule has 1 amide bonds. The van der Waals surface area contributed by atoms with Crippen LogP contribution in [0.25, 0.3) is 10.9 Å². The van der Waals surface area contributed by atoms with E-state index in [0.29, 0.717) is 19.4 Å². The predicted octanol–water partition coefficient (Wildman–Crippen LogP) is 4.03. The Morgan fingerprint density at radius 2 is 1.81 bits per heavy atom. The standard InChI is InChI=1S/C21H25N3O.ClH/c1-2-15-7-5-8-18-17(14-24-21(15)18)12-13-23-20(25)11-10-16-6-3-4-9-19(16)22;/h3-9,14,24H,2,10-13,22H2,1H3,(H,23,25);1H. The molecule has 0 radical (unpaired) electrons. The van der Waals surface area contributed by atoms with Crippen LogP contribution < -0.4 is 11.1 Å². The van der Waals surface area contributed by atoms with Crippen LogP contribution in [0.3, 0.4) is 0 Å². The van der Waals surface area contributed by atoms with Crippen LogP contribution in [0.5, 0.6) is 0 Å². The van der Waals surface area contributed by atoms with Crippen molar-refractivity contribution in [3.05, 3.63) is 65.4 Å². The second-order valence-corrected chi connectivity index (χ2v) is 6.31. The lowest BCUT2D eigenvalue weighted by molar-refractivity contribution is -0.121. The number of benzene rings is 2. The number of nitrogen functional groups attached to an aromatic ring is 1. The molecule has 2 aromatic carbocycles. The zero-order valence-electron chi connectivity index (χ0n) is 15.0. The number of hydrogen-bond donors (Lipinski definition) is 3. The van der Waals surface area contributed by atoms with Crippen LogP contribution in [0, 0.1) is 0 Å². The summed E-state index contributed by atoms with van der Waals surface area (Å²) in [5, 5.41) is 4.27. The predicted molar refractivity (Wildman–Crippen MR) is 111 cm³/mol. The highest BCUT2D eigenvalue weighted by atomic mass is 35.5. The van der Waals surface area contributed by atoms with Crippen molar-refractivity contribution in [3.63, 3.8) is 0 Å². The largest absolute Gasteiger partial charge is 0.399 e. The van der Waals surface area contributed by atoms with Crippen molar-refractivity contribution in [2.45, 2.75) is 32.6 Å². The van der Waals surface area contributed by atoms with Crippen LogP contribution in [-0.4, -0.2) is 17.4 Å². The molecule has 1 heterocycles. The highest BCUT2D eigenvalue weighted by Crippen LogP contribution is 2.22. The van der Waals surface area contributed by atoms with E-state index in [0.717, 1.165) is 24.1 Å². The first-order chi connectivity index (χ1) is 12.2. The fourth-order valence-electron chi connectivity index (χ4n) is 3.21. The van der Waals surface area contributed by atoms with Crippen molar-refractivity contribution >= 4 is 34.9 Å². The minimum absolute atomic E-state index is 0. The molecule has 3 rings (SSSR count). The number of fused-ring (bicyclic) bond motifs is 1. The molecule has 0 spiro atoms. The van der Waals surface area contributed by atoms with E-state index in [-0.39, 0.29) is 18.3 Å². The smallest absolute Gasteiger partial charge is 0.220 e. The highest BCUT2D eigenvalue weighted by Gasteiger charge is 2.08. The Hall–Kier alpha value is -2.46. The van der Waals surface area contributed by atoms with E-state index >= 15 is 0 Å². The van der Waals surface area contributed by atoms with Crippen molar-refractivity contribution in [3.8, 4) is 0 Å². The number of aryl methyl sites for hydroxylation is 2. The first-order valence-corrected chi connectivity index (χ1v) is 8.87. The van der Waals surface area contributed by atoms with Gasteiger partial charge in [0.15, 0.2) is 0 Å². The Morgan fingerprint density at radius 3 is 2.58 bits per heavy atom. The van der Waals surface area contributed by atoms with Crippen molar-refractivity contribution < 1.29 is 4.79 Å². The quantitative estimate of drug-likeness (QED) is 0.549. The molecule has 4 nitrogen and oxygen atoms in total. The van der Waals surface area contributed by atoms with Crippen LogP contribution in [0.1, 0.15) is 30.0 Å². The molecule has 3 aromatic rings. The third-order valence-electron chi connectivity index (χ3n) is 4.66. The van der Waals surface area contributed by atoms with E-state index < -0.39 is 0 Å². The number of para-hydroxylation sites is 2. The summed E-state index contributed by atoms with van der Waals surface area (Å²) in [5.41, 5.74) is 11.5. The number of aromatic amines is 1. The molecule has 0 aliphatic rings. The molecule has 0 bridgehead atoms. The van der Waals surface area contributed by atoms with Gasteiger partial charge in [0, 0.05) is 35.8 Å². The van der Waals surface area contributed by atoms with Crippen LogP contribution in [0.4, 0.5) is 5.69 Å². The van der Waals surface area contributed by atoms with Crippen molar-refractivity contribution in [1.29, 1.82) is 0 Å². The molecule has 0 atom stereocenters. The van der Waals surface area contributed by atoms with Gasteiger partial charge in [-0.3, -0.25) is 4.79 Å². The number of anilines is 1. The van der Waals surface area contributed by atoms with E-state index in [1.54, 1.807) is 0 Å². The molecule has 0 fully saturated rings. The van der Waals surface area contributed by atoms with Crippen LogP contribution in [0.15, 0.2) is 48.7 Å². The van der Waals surface area contributed by atoms with E-state index in [1.807, 2.05) is 24.3 Å². The Morgan fingerprint density at radius 1 is 1.04 bits per heavy atom. The number of aromatic nitrogens is 1. The van der Waals surface area contributed by atoms with Crippen LogP contribution in [0.2, 0.25) is 0 Å². The normalized spacial score (nSPS) is 10.5. The number of halogens is 1. The maximum absolute atomic E-state index is 12.1. The van der Waals surface area contributed by atoms with E-state index in [2.05, 4.69) is 41.6 Å². The molecule has 4 N–H and O–H groups in total. The van der Waals surface area contributed by atoms with E-state index in [9.17, 15) is 4.79 Å². The topological polar surface area (TPSA) is 70.9 Å². The number of rotatable bonds is 7. The van der Waals surface area contributed by atoms with Gasteiger partial charge in [0.05, 0.1) is 0 Å². The number of hydrogen-bond acceptors (Lipinski definition) is 2. The van der Waals surface area contributed by atoms with Gasteiger partial charge < -0.3 is 16.0 Å². The van der Waals surface area contributed by atoms with Crippen LogP contribution in [-0.2, 0) is 24.1 Å². The first-order valence-electron chi connectivity index (χ1n) is 8.87. The third-order valence-corrected chi connectivity index (χ3v) is 4.66. The molecular formula is C21H26ClN3O. The number of amides is 1. The van der Waals surface area contributed by atoms with E-state index in [1.165, 1.54) is 22.0 Å². The summed E-state index contributed by atoms with van der Waals surface area (Å²) >= 11 is 0. The van der Waals surface area contributed by atoms with Gasteiger partial charge >= 0.3 is 0 Å². The number of carbonyl (C=O) groups excluding carboxylic acids is 1. The summed E-state index contributed by atoms with van der Waals surface area (Å²) in [4.78, 5) is 15.4. The van der Waals surface area contributed by atoms with Gasteiger partial charge in [0.25, 0.3) is 0 Å². The van der Waals surface area contributed by atoms with E-state index in [4.69, 9.17) is 5.73 Å². The van der Waals surface area contributed by atoms with Gasteiger partial charge in [-0.25, -0.2) is 0 Å². The molecule has 0 aliphatic carbocycles. The van der Waals surface area contributed by atoms with Gasteiger partial charge in [0.1, 0.15) is 0 Å². The van der Waals surface area contributed by atoms with Crippen molar-refractivity contribution in [2.24, 2.45) is 0 Å². The lowest BCUT2D eigenvalue weighted by atomic mass is 10.1. The summed E-state index contributed by atoms with van der Waals surface area (Å²) < 4.78 is 0. The summed E-state index contributed by atoms with van der Waals surface area (Å²) in [6.45, 7) is 2.81. The lowest BCUT2D eigenvalue weighted by Crippen LogP contribution is -2.25. The molecule has 26 heavy (non-hydrogen) atoms. The number of H-pyrrole nitrogens is 1. The zero-order chi connectivity index (χ0) is 17.6. The number of carbonyl (C=O) groups is 1. The van der Waals surface area contributed by atoms with Crippen molar-refractivity contribution in [2.75, 3.05) is 12.3 Å². The zero-order valence-corrected chi connectivity index (χ0v) is 15.9. The second-order valence-electron chi connectivity index (χ2n) is 6.31. The van der Waals surface area contributed by atoms with Gasteiger partial charge in [-0.2, -0.15) is 0 Å². The van der Waals surface area contributed by atoms with Crippen LogP contribution >= 0.6 is 12.4 Å². The third kappa shape index (κ3) is 4.58. The average Bonchev–Trinajstić information content (AvgIpc) is 3.04. The summed E-state index contributed by atoms with van der Waals surface area (Å²) in [6, 6.07) is 14.1. The highest BCUT2D eigenvalue weighted by molar-refractivity contribution is 5.86. The number of nitrogens with two attached hydrogens (primary N) is 1. The average molecular weight is 372 g/mol. The molecule has 5 heteroatoms. The Balaban J connectivity index is 0.00000243. The molecule has 0 aliphatic heterocycles. The monoisotopic (exact) mass is 371 g/mol. The van der Waals surface area contributed by atoms with Crippen molar-refractivity contribution in [1.82, 2.24) is 10.3 Å². The summed E-state index contributed by atoms with van der Waals surface area (Å²) in [7, 11) is 0. The molecule has 1 aromatic heterocycles. The first kappa shape index (κ1) is 19.9.